The lowest BCUT2D eigenvalue weighted by Gasteiger charge is -2.12. The minimum atomic E-state index is -0.179. The summed E-state index contributed by atoms with van der Waals surface area (Å²) in [6.07, 6.45) is 4.86. The summed E-state index contributed by atoms with van der Waals surface area (Å²) in [7, 11) is 0. The van der Waals surface area contributed by atoms with Crippen molar-refractivity contribution in [2.24, 2.45) is 0 Å². The molecule has 2 N–H and O–H groups in total. The molecule has 5 heteroatoms. The molecule has 122 valence electrons. The highest BCUT2D eigenvalue weighted by Gasteiger charge is 2.10. The Morgan fingerprint density at radius 1 is 1.12 bits per heavy atom. The number of hydrogen-bond acceptors (Lipinski definition) is 4. The standard InChI is InChI=1S/C19H19N3O2/c1-13-5-3-6-14(2)18(13)22-19(23)15-9-16(11-20-10-15)21-12-17-7-4-8-24-17/h3-11,21H,12H2,1-2H3,(H,22,23). The number of nitrogens with zero attached hydrogens (tertiary/aromatic N) is 1. The van der Waals surface area contributed by atoms with E-state index in [1.807, 2.05) is 44.2 Å². The lowest BCUT2D eigenvalue weighted by Crippen LogP contribution is -2.14. The number of carbonyl (C=O) groups excluding carboxylic acids is 1. The molecule has 2 heterocycles. The smallest absolute Gasteiger partial charge is 0.257 e. The first-order valence-electron chi connectivity index (χ1n) is 7.72. The maximum absolute atomic E-state index is 12.5. The van der Waals surface area contributed by atoms with Crippen LogP contribution in [-0.2, 0) is 6.54 Å². The maximum Gasteiger partial charge on any atom is 0.257 e. The van der Waals surface area contributed by atoms with Crippen molar-refractivity contribution in [3.05, 3.63) is 77.5 Å². The van der Waals surface area contributed by atoms with Crippen LogP contribution in [0.15, 0.2) is 59.5 Å². The fraction of sp³-hybridized carbons (Fsp3) is 0.158. The zero-order valence-corrected chi connectivity index (χ0v) is 13.7. The molecule has 5 nitrogen and oxygen atoms in total. The third-order valence-electron chi connectivity index (χ3n) is 3.77. The normalized spacial score (nSPS) is 10.4. The van der Waals surface area contributed by atoms with Crippen LogP contribution in [0.2, 0.25) is 0 Å². The molecule has 0 aliphatic carbocycles. The molecule has 0 saturated carbocycles. The number of pyridine rings is 1. The number of amides is 1. The molecule has 1 amide bonds. The summed E-state index contributed by atoms with van der Waals surface area (Å²) in [5.74, 6) is 0.641. The SMILES string of the molecule is Cc1cccc(C)c1NC(=O)c1cncc(NCc2ccco2)c1. The van der Waals surface area contributed by atoms with E-state index in [2.05, 4.69) is 15.6 Å². The van der Waals surface area contributed by atoms with Gasteiger partial charge >= 0.3 is 0 Å². The van der Waals surface area contributed by atoms with Crippen molar-refractivity contribution in [1.82, 2.24) is 4.98 Å². The predicted molar refractivity (Wildman–Crippen MR) is 94.1 cm³/mol. The highest BCUT2D eigenvalue weighted by atomic mass is 16.3. The Morgan fingerprint density at radius 3 is 2.62 bits per heavy atom. The zero-order chi connectivity index (χ0) is 16.9. The summed E-state index contributed by atoms with van der Waals surface area (Å²) in [5, 5.41) is 6.16. The van der Waals surface area contributed by atoms with Crippen molar-refractivity contribution in [1.29, 1.82) is 0 Å². The van der Waals surface area contributed by atoms with E-state index in [9.17, 15) is 4.79 Å². The highest BCUT2D eigenvalue weighted by molar-refractivity contribution is 6.05. The van der Waals surface area contributed by atoms with Crippen LogP contribution in [0.4, 0.5) is 11.4 Å². The van der Waals surface area contributed by atoms with Crippen LogP contribution in [-0.4, -0.2) is 10.9 Å². The molecule has 3 aromatic rings. The Hall–Kier alpha value is -3.08. The number of para-hydroxylation sites is 1. The van der Waals surface area contributed by atoms with E-state index in [0.717, 1.165) is 28.3 Å². The van der Waals surface area contributed by atoms with Gasteiger partial charge < -0.3 is 15.1 Å². The number of furan rings is 1. The van der Waals surface area contributed by atoms with Gasteiger partial charge in [-0.05, 0) is 43.2 Å². The van der Waals surface area contributed by atoms with E-state index in [1.165, 1.54) is 0 Å². The number of aryl methyl sites for hydroxylation is 2. The summed E-state index contributed by atoms with van der Waals surface area (Å²) in [6.45, 7) is 4.49. The summed E-state index contributed by atoms with van der Waals surface area (Å²) >= 11 is 0. The average Bonchev–Trinajstić information content (AvgIpc) is 3.10. The lowest BCUT2D eigenvalue weighted by atomic mass is 10.1. The van der Waals surface area contributed by atoms with Gasteiger partial charge in [0.2, 0.25) is 0 Å². The molecule has 0 bridgehead atoms. The van der Waals surface area contributed by atoms with Gasteiger partial charge in [0, 0.05) is 18.1 Å². The van der Waals surface area contributed by atoms with Crippen molar-refractivity contribution in [3.63, 3.8) is 0 Å². The van der Waals surface area contributed by atoms with E-state index >= 15 is 0 Å². The monoisotopic (exact) mass is 321 g/mol. The van der Waals surface area contributed by atoms with Crippen molar-refractivity contribution >= 4 is 17.3 Å². The van der Waals surface area contributed by atoms with Crippen LogP contribution in [0.25, 0.3) is 0 Å². The van der Waals surface area contributed by atoms with Gasteiger partial charge in [-0.3, -0.25) is 9.78 Å². The van der Waals surface area contributed by atoms with Crippen LogP contribution in [0.5, 0.6) is 0 Å². The fourth-order valence-corrected chi connectivity index (χ4v) is 2.46. The minimum absolute atomic E-state index is 0.179. The lowest BCUT2D eigenvalue weighted by molar-refractivity contribution is 0.102. The van der Waals surface area contributed by atoms with Gasteiger partial charge in [0.1, 0.15) is 5.76 Å². The molecule has 0 fully saturated rings. The molecule has 0 saturated heterocycles. The van der Waals surface area contributed by atoms with Gasteiger partial charge in [-0.1, -0.05) is 18.2 Å². The van der Waals surface area contributed by atoms with Crippen molar-refractivity contribution in [2.45, 2.75) is 20.4 Å². The number of aromatic nitrogens is 1. The number of benzene rings is 1. The first kappa shape index (κ1) is 15.8. The Morgan fingerprint density at radius 2 is 1.92 bits per heavy atom. The fourth-order valence-electron chi connectivity index (χ4n) is 2.46. The first-order chi connectivity index (χ1) is 11.6. The second-order valence-corrected chi connectivity index (χ2v) is 5.62. The van der Waals surface area contributed by atoms with Gasteiger partial charge in [0.05, 0.1) is 24.1 Å². The number of rotatable bonds is 5. The predicted octanol–water partition coefficient (Wildman–Crippen LogP) is 4.16. The Labute approximate surface area is 140 Å². The summed E-state index contributed by atoms with van der Waals surface area (Å²) < 4.78 is 5.28. The van der Waals surface area contributed by atoms with E-state index in [4.69, 9.17) is 4.42 Å². The molecule has 0 spiro atoms. The van der Waals surface area contributed by atoms with Crippen LogP contribution in [0.3, 0.4) is 0 Å². The zero-order valence-electron chi connectivity index (χ0n) is 13.7. The summed E-state index contributed by atoms with van der Waals surface area (Å²) in [5.41, 5.74) is 4.17. The molecule has 0 aliphatic rings. The summed E-state index contributed by atoms with van der Waals surface area (Å²) in [4.78, 5) is 16.6. The second kappa shape index (κ2) is 7.00. The van der Waals surface area contributed by atoms with E-state index in [0.29, 0.717) is 12.1 Å². The van der Waals surface area contributed by atoms with Crippen LogP contribution < -0.4 is 10.6 Å². The molecular weight excluding hydrogens is 302 g/mol. The number of nitrogens with one attached hydrogen (secondary N) is 2. The molecule has 0 unspecified atom stereocenters. The van der Waals surface area contributed by atoms with Crippen LogP contribution >= 0.6 is 0 Å². The topological polar surface area (TPSA) is 67.2 Å². The summed E-state index contributed by atoms with van der Waals surface area (Å²) in [6, 6.07) is 11.4. The van der Waals surface area contributed by atoms with Crippen LogP contribution in [0.1, 0.15) is 27.2 Å². The molecule has 3 rings (SSSR count). The minimum Gasteiger partial charge on any atom is -0.467 e. The highest BCUT2D eigenvalue weighted by Crippen LogP contribution is 2.20. The largest absolute Gasteiger partial charge is 0.467 e. The maximum atomic E-state index is 12.5. The number of carbonyl (C=O) groups is 1. The molecule has 0 radical (unpaired) electrons. The van der Waals surface area contributed by atoms with Gasteiger partial charge in [-0.25, -0.2) is 0 Å². The molecule has 24 heavy (non-hydrogen) atoms. The van der Waals surface area contributed by atoms with Crippen molar-refractivity contribution < 1.29 is 9.21 Å². The third-order valence-corrected chi connectivity index (χ3v) is 3.77. The first-order valence-corrected chi connectivity index (χ1v) is 7.72. The van der Waals surface area contributed by atoms with E-state index < -0.39 is 0 Å². The van der Waals surface area contributed by atoms with Gasteiger partial charge in [-0.15, -0.1) is 0 Å². The number of anilines is 2. The molecule has 0 atom stereocenters. The average molecular weight is 321 g/mol. The Bertz CT molecular complexity index is 821. The molecule has 2 aromatic heterocycles. The van der Waals surface area contributed by atoms with Gasteiger partial charge in [0.25, 0.3) is 5.91 Å². The molecular formula is C19H19N3O2. The Balaban J connectivity index is 1.72. The van der Waals surface area contributed by atoms with E-state index in [1.54, 1.807) is 24.7 Å². The molecule has 1 aromatic carbocycles. The molecule has 0 aliphatic heterocycles. The van der Waals surface area contributed by atoms with E-state index in [-0.39, 0.29) is 5.91 Å². The van der Waals surface area contributed by atoms with Crippen LogP contribution in [0, 0.1) is 13.8 Å². The van der Waals surface area contributed by atoms with Crippen molar-refractivity contribution in [3.8, 4) is 0 Å². The second-order valence-electron chi connectivity index (χ2n) is 5.62. The van der Waals surface area contributed by atoms with Gasteiger partial charge in [0.15, 0.2) is 0 Å². The van der Waals surface area contributed by atoms with Gasteiger partial charge in [-0.2, -0.15) is 0 Å². The third kappa shape index (κ3) is 3.63. The quantitative estimate of drug-likeness (QED) is 0.740. The Kier molecular flexibility index (Phi) is 4.61. The number of hydrogen-bond donors (Lipinski definition) is 2. The van der Waals surface area contributed by atoms with Crippen molar-refractivity contribution in [2.75, 3.05) is 10.6 Å².